The topological polar surface area (TPSA) is 101 Å². The minimum absolute atomic E-state index is 0.294. The van der Waals surface area contributed by atoms with Crippen molar-refractivity contribution in [1.29, 1.82) is 0 Å². The minimum atomic E-state index is -0.444. The first kappa shape index (κ1) is 20.2. The van der Waals surface area contributed by atoms with Gasteiger partial charge in [0, 0.05) is 22.3 Å². The third kappa shape index (κ3) is 4.28. The summed E-state index contributed by atoms with van der Waals surface area (Å²) in [5.41, 5.74) is 3.24. The van der Waals surface area contributed by atoms with Gasteiger partial charge in [-0.1, -0.05) is 23.7 Å². The number of benzene rings is 1. The van der Waals surface area contributed by atoms with Crippen molar-refractivity contribution in [1.82, 2.24) is 10.4 Å². The van der Waals surface area contributed by atoms with E-state index in [0.717, 1.165) is 16.7 Å². The molecule has 1 aliphatic carbocycles. The van der Waals surface area contributed by atoms with Crippen molar-refractivity contribution in [3.63, 3.8) is 0 Å². The molecule has 0 amide bonds. The van der Waals surface area contributed by atoms with Gasteiger partial charge in [0.2, 0.25) is 0 Å². The molecule has 1 aromatic heterocycles. The molecule has 8 nitrogen and oxygen atoms in total. The summed E-state index contributed by atoms with van der Waals surface area (Å²) < 4.78 is 11.7. The molecule has 29 heavy (non-hydrogen) atoms. The lowest BCUT2D eigenvalue weighted by molar-refractivity contribution is -0.504. The first-order valence-electron chi connectivity index (χ1n) is 9.34. The van der Waals surface area contributed by atoms with E-state index < -0.39 is 6.10 Å². The lowest BCUT2D eigenvalue weighted by Crippen LogP contribution is -2.24. The van der Waals surface area contributed by atoms with Gasteiger partial charge < -0.3 is 9.47 Å². The summed E-state index contributed by atoms with van der Waals surface area (Å²) in [5, 5.41) is 17.9. The third-order valence-electron chi connectivity index (χ3n) is 5.36. The minimum Gasteiger partial charge on any atom is -0.424 e. The van der Waals surface area contributed by atoms with Crippen molar-refractivity contribution in [2.75, 3.05) is 0 Å². The molecule has 3 atom stereocenters. The van der Waals surface area contributed by atoms with E-state index in [0.29, 0.717) is 42.3 Å². The molecular weight excluding hydrogens is 400 g/mol. The van der Waals surface area contributed by atoms with Gasteiger partial charge in [-0.2, -0.15) is 0 Å². The Kier molecular flexibility index (Phi) is 5.82. The van der Waals surface area contributed by atoms with Gasteiger partial charge in [-0.3, -0.25) is 20.2 Å². The monoisotopic (exact) mass is 420 g/mol. The molecule has 9 heteroatoms. The summed E-state index contributed by atoms with van der Waals surface area (Å²) in [6.45, 7) is 2.10. The second-order valence-corrected chi connectivity index (χ2v) is 7.70. The number of aromatic nitrogens is 1. The predicted molar refractivity (Wildman–Crippen MR) is 100 cm³/mol. The molecule has 1 aliphatic heterocycles. The van der Waals surface area contributed by atoms with Crippen LogP contribution in [0, 0.1) is 12.8 Å². The molecule has 0 saturated heterocycles. The standard InChI is InChI=1S/C20H21ClN2O6/c1-11-18(28-20(24)13-4-7-15(8-13)29-23(25)26)17-10-27-19(16(17)9-22-11)12-2-5-14(21)6-3-12/h2-3,5-6,9,13,15,19,25-26H,4,7-8,10H2,1H3/t13?,15?,19-/m0/s1. The number of rotatable bonds is 5. The van der Waals surface area contributed by atoms with Gasteiger partial charge in [0.15, 0.2) is 5.75 Å². The summed E-state index contributed by atoms with van der Waals surface area (Å²) in [6, 6.07) is 7.41. The molecule has 1 saturated carbocycles. The Morgan fingerprint density at radius 2 is 2.03 bits per heavy atom. The number of ether oxygens (including phenoxy) is 2. The van der Waals surface area contributed by atoms with Crippen molar-refractivity contribution in [2.24, 2.45) is 5.92 Å². The van der Waals surface area contributed by atoms with Crippen LogP contribution >= 0.6 is 11.6 Å². The molecule has 0 bridgehead atoms. The average Bonchev–Trinajstić information content (AvgIpc) is 3.31. The highest BCUT2D eigenvalue weighted by Crippen LogP contribution is 2.41. The Morgan fingerprint density at radius 3 is 2.76 bits per heavy atom. The summed E-state index contributed by atoms with van der Waals surface area (Å²) in [4.78, 5) is 21.9. The number of aryl methyl sites for hydroxylation is 1. The lowest BCUT2D eigenvalue weighted by Gasteiger charge is -2.16. The molecule has 0 spiro atoms. The highest BCUT2D eigenvalue weighted by molar-refractivity contribution is 6.30. The van der Waals surface area contributed by atoms with Gasteiger partial charge in [0.1, 0.15) is 6.10 Å². The van der Waals surface area contributed by atoms with E-state index in [-0.39, 0.29) is 23.4 Å². The average molecular weight is 421 g/mol. The van der Waals surface area contributed by atoms with Crippen LogP contribution in [0.1, 0.15) is 47.8 Å². The van der Waals surface area contributed by atoms with Crippen LogP contribution in [0.3, 0.4) is 0 Å². The number of hydrogen-bond donors (Lipinski definition) is 2. The van der Waals surface area contributed by atoms with Crippen LogP contribution in [0.15, 0.2) is 30.5 Å². The second kappa shape index (κ2) is 8.35. The number of halogens is 1. The van der Waals surface area contributed by atoms with E-state index in [1.54, 1.807) is 25.3 Å². The van der Waals surface area contributed by atoms with Crippen molar-refractivity contribution in [2.45, 2.75) is 45.0 Å². The van der Waals surface area contributed by atoms with Crippen molar-refractivity contribution >= 4 is 17.6 Å². The number of pyridine rings is 1. The van der Waals surface area contributed by atoms with Crippen molar-refractivity contribution in [3.8, 4) is 5.75 Å². The highest BCUT2D eigenvalue weighted by Gasteiger charge is 2.35. The number of carbonyl (C=O) groups is 1. The maximum atomic E-state index is 12.7. The number of nitrogens with zero attached hydrogens (tertiary/aromatic N) is 2. The van der Waals surface area contributed by atoms with Crippen molar-refractivity contribution in [3.05, 3.63) is 57.9 Å². The zero-order valence-electron chi connectivity index (χ0n) is 15.7. The van der Waals surface area contributed by atoms with Crippen LogP contribution < -0.4 is 4.74 Å². The molecule has 154 valence electrons. The Hall–Kier alpha value is -2.07. The van der Waals surface area contributed by atoms with Gasteiger partial charge in [-0.25, -0.2) is 4.84 Å². The smallest absolute Gasteiger partial charge is 0.314 e. The van der Waals surface area contributed by atoms with E-state index >= 15 is 0 Å². The highest BCUT2D eigenvalue weighted by atomic mass is 35.5. The van der Waals surface area contributed by atoms with Gasteiger partial charge in [-0.15, -0.1) is 0 Å². The molecule has 1 aromatic carbocycles. The van der Waals surface area contributed by atoms with E-state index in [1.807, 2.05) is 12.1 Å². The van der Waals surface area contributed by atoms with Gasteiger partial charge >= 0.3 is 5.97 Å². The van der Waals surface area contributed by atoms with Crippen LogP contribution in [0.4, 0.5) is 0 Å². The summed E-state index contributed by atoms with van der Waals surface area (Å²) in [6.07, 6.45) is 2.44. The molecule has 2 aromatic rings. The number of fused-ring (bicyclic) bond motifs is 1. The predicted octanol–water partition coefficient (Wildman–Crippen LogP) is 3.75. The first-order valence-corrected chi connectivity index (χ1v) is 9.72. The number of esters is 1. The van der Waals surface area contributed by atoms with Gasteiger partial charge in [0.25, 0.3) is 0 Å². The molecule has 2 heterocycles. The van der Waals surface area contributed by atoms with E-state index in [2.05, 4.69) is 4.98 Å². The first-order chi connectivity index (χ1) is 13.9. The molecule has 4 rings (SSSR count). The van der Waals surface area contributed by atoms with Crippen LogP contribution in [-0.4, -0.2) is 32.9 Å². The quantitative estimate of drug-likeness (QED) is 0.557. The van der Waals surface area contributed by atoms with Crippen molar-refractivity contribution < 1.29 is 29.5 Å². The Morgan fingerprint density at radius 1 is 1.28 bits per heavy atom. The summed E-state index contributed by atoms with van der Waals surface area (Å²) >= 11 is 5.97. The zero-order valence-corrected chi connectivity index (χ0v) is 16.5. The largest absolute Gasteiger partial charge is 0.424 e. The fraction of sp³-hybridized carbons (Fsp3) is 0.400. The van der Waals surface area contributed by atoms with Crippen LogP contribution in [0.2, 0.25) is 5.02 Å². The maximum absolute atomic E-state index is 12.7. The Bertz CT molecular complexity index is 905. The van der Waals surface area contributed by atoms with Crippen LogP contribution in [-0.2, 0) is 21.0 Å². The van der Waals surface area contributed by atoms with Crippen LogP contribution in [0.5, 0.6) is 5.75 Å². The summed E-state index contributed by atoms with van der Waals surface area (Å²) in [7, 11) is 0. The molecular formula is C20H21ClN2O6. The molecule has 2 unspecified atom stereocenters. The fourth-order valence-corrected chi connectivity index (χ4v) is 4.03. The third-order valence-corrected chi connectivity index (χ3v) is 5.61. The molecule has 1 fully saturated rings. The van der Waals surface area contributed by atoms with E-state index in [4.69, 9.17) is 36.3 Å². The zero-order chi connectivity index (χ0) is 20.5. The molecule has 0 radical (unpaired) electrons. The molecule has 2 N–H and O–H groups in total. The second-order valence-electron chi connectivity index (χ2n) is 7.26. The SMILES string of the molecule is Cc1ncc2c(c1OC(=O)C1CCC(ON(O)O)C1)CO[C@H]2c1ccc(Cl)cc1. The maximum Gasteiger partial charge on any atom is 0.314 e. The van der Waals surface area contributed by atoms with E-state index in [1.165, 1.54) is 0 Å². The Labute approximate surface area is 172 Å². The number of carbonyl (C=O) groups excluding carboxylic acids is 1. The molecule has 2 aliphatic rings. The Balaban J connectivity index is 1.52. The van der Waals surface area contributed by atoms with Gasteiger partial charge in [-0.05, 0) is 43.9 Å². The normalized spacial score (nSPS) is 23.4. The lowest BCUT2D eigenvalue weighted by atomic mass is 10.00. The van der Waals surface area contributed by atoms with Gasteiger partial charge in [0.05, 0.1) is 29.7 Å². The fourth-order valence-electron chi connectivity index (χ4n) is 3.90. The summed E-state index contributed by atoms with van der Waals surface area (Å²) in [5.74, 6) is -0.337. The van der Waals surface area contributed by atoms with E-state index in [9.17, 15) is 4.79 Å². The van der Waals surface area contributed by atoms with Crippen LogP contribution in [0.25, 0.3) is 0 Å². The number of hydrogen-bond acceptors (Lipinski definition) is 8.